The van der Waals surface area contributed by atoms with Gasteiger partial charge in [0.2, 0.25) is 0 Å². The summed E-state index contributed by atoms with van der Waals surface area (Å²) in [5, 5.41) is 3.28. The van der Waals surface area contributed by atoms with Crippen molar-refractivity contribution < 1.29 is 0 Å². The van der Waals surface area contributed by atoms with E-state index < -0.39 is 0 Å². The van der Waals surface area contributed by atoms with Crippen molar-refractivity contribution in [2.75, 3.05) is 5.32 Å². The van der Waals surface area contributed by atoms with Gasteiger partial charge in [-0.25, -0.2) is 4.98 Å². The number of anilines is 2. The number of aryl methyl sites for hydroxylation is 1. The first-order valence-electron chi connectivity index (χ1n) is 6.25. The molecule has 0 aliphatic rings. The first-order valence-corrected chi connectivity index (χ1v) is 6.25. The highest BCUT2D eigenvalue weighted by Gasteiger charge is 2.08. The van der Waals surface area contributed by atoms with Crippen molar-refractivity contribution in [3.63, 3.8) is 0 Å². The monoisotopic (exact) mass is 241 g/mol. The molecule has 0 amide bonds. The molecule has 0 aliphatic carbocycles. The van der Waals surface area contributed by atoms with E-state index in [2.05, 4.69) is 24.1 Å². The molecule has 1 aromatic carbocycles. The Morgan fingerprint density at radius 1 is 1.28 bits per heavy atom. The van der Waals surface area contributed by atoms with Crippen LogP contribution in [0, 0.1) is 6.92 Å². The fourth-order valence-corrected chi connectivity index (χ4v) is 1.91. The number of nitrogens with two attached hydrogens (primary N) is 1. The summed E-state index contributed by atoms with van der Waals surface area (Å²) in [6, 6.07) is 12.1. The second-order valence-corrected chi connectivity index (χ2v) is 4.43. The third kappa shape index (κ3) is 2.87. The number of hydrogen-bond donors (Lipinski definition) is 2. The molecule has 0 saturated carbocycles. The van der Waals surface area contributed by atoms with Gasteiger partial charge in [-0.15, -0.1) is 0 Å². The van der Waals surface area contributed by atoms with Crippen LogP contribution >= 0.6 is 0 Å². The van der Waals surface area contributed by atoms with Crippen molar-refractivity contribution in [3.8, 4) is 0 Å². The highest BCUT2D eigenvalue weighted by atomic mass is 15.0. The molecule has 0 bridgehead atoms. The van der Waals surface area contributed by atoms with Crippen LogP contribution in [-0.2, 0) is 0 Å². The van der Waals surface area contributed by atoms with Crippen LogP contribution in [0.1, 0.15) is 30.5 Å². The standard InChI is InChI=1S/C15H19N3/c1-3-14(16)13-10-17-15(9-11(13)2)18-12-7-5-4-6-8-12/h4-10,14H,3,16H2,1-2H3,(H,17,18). The quantitative estimate of drug-likeness (QED) is 0.860. The molecule has 3 N–H and O–H groups in total. The molecule has 0 spiro atoms. The lowest BCUT2D eigenvalue weighted by molar-refractivity contribution is 0.690. The Bertz CT molecular complexity index is 508. The fraction of sp³-hybridized carbons (Fsp3) is 0.267. The van der Waals surface area contributed by atoms with Gasteiger partial charge in [0.15, 0.2) is 0 Å². The molecule has 0 saturated heterocycles. The second kappa shape index (κ2) is 5.65. The van der Waals surface area contributed by atoms with Gasteiger partial charge in [0.25, 0.3) is 0 Å². The molecule has 2 rings (SSSR count). The molecule has 0 radical (unpaired) electrons. The Hall–Kier alpha value is -1.87. The van der Waals surface area contributed by atoms with E-state index in [1.54, 1.807) is 0 Å². The van der Waals surface area contributed by atoms with Gasteiger partial charge in [0, 0.05) is 17.9 Å². The predicted octanol–water partition coefficient (Wildman–Crippen LogP) is 3.54. The Morgan fingerprint density at radius 3 is 2.61 bits per heavy atom. The molecule has 1 heterocycles. The van der Waals surface area contributed by atoms with E-state index in [0.29, 0.717) is 0 Å². The van der Waals surface area contributed by atoms with Gasteiger partial charge in [-0.2, -0.15) is 0 Å². The number of nitrogens with one attached hydrogen (secondary N) is 1. The lowest BCUT2D eigenvalue weighted by Gasteiger charge is -2.13. The summed E-state index contributed by atoms with van der Waals surface area (Å²) >= 11 is 0. The summed E-state index contributed by atoms with van der Waals surface area (Å²) in [5.74, 6) is 0.853. The molecule has 3 nitrogen and oxygen atoms in total. The van der Waals surface area contributed by atoms with Crippen LogP contribution in [0.2, 0.25) is 0 Å². The van der Waals surface area contributed by atoms with Crippen molar-refractivity contribution in [2.24, 2.45) is 5.73 Å². The number of aromatic nitrogens is 1. The Morgan fingerprint density at radius 2 is 2.00 bits per heavy atom. The van der Waals surface area contributed by atoms with Crippen LogP contribution < -0.4 is 11.1 Å². The van der Waals surface area contributed by atoms with Crippen LogP contribution in [0.4, 0.5) is 11.5 Å². The van der Waals surface area contributed by atoms with E-state index in [-0.39, 0.29) is 6.04 Å². The van der Waals surface area contributed by atoms with E-state index in [9.17, 15) is 0 Å². The minimum absolute atomic E-state index is 0.0725. The molecule has 94 valence electrons. The Labute approximate surface area is 108 Å². The number of nitrogens with zero attached hydrogens (tertiary/aromatic N) is 1. The molecular formula is C15H19N3. The third-order valence-electron chi connectivity index (χ3n) is 3.04. The van der Waals surface area contributed by atoms with Gasteiger partial charge < -0.3 is 11.1 Å². The Kier molecular flexibility index (Phi) is 3.95. The molecule has 2 aromatic rings. The summed E-state index contributed by atoms with van der Waals surface area (Å²) in [4.78, 5) is 4.41. The minimum atomic E-state index is 0.0725. The van der Waals surface area contributed by atoms with E-state index >= 15 is 0 Å². The molecule has 0 aliphatic heterocycles. The molecule has 18 heavy (non-hydrogen) atoms. The fourth-order valence-electron chi connectivity index (χ4n) is 1.91. The highest BCUT2D eigenvalue weighted by molar-refractivity contribution is 5.56. The lowest BCUT2D eigenvalue weighted by atomic mass is 10.0. The maximum Gasteiger partial charge on any atom is 0.130 e. The van der Waals surface area contributed by atoms with Crippen molar-refractivity contribution in [3.05, 3.63) is 53.7 Å². The highest BCUT2D eigenvalue weighted by Crippen LogP contribution is 2.21. The summed E-state index contributed by atoms with van der Waals surface area (Å²) in [5.41, 5.74) is 9.38. The summed E-state index contributed by atoms with van der Waals surface area (Å²) in [7, 11) is 0. The molecule has 3 heteroatoms. The van der Waals surface area contributed by atoms with E-state index in [0.717, 1.165) is 23.5 Å². The molecule has 0 fully saturated rings. The summed E-state index contributed by atoms with van der Waals surface area (Å²) < 4.78 is 0. The zero-order chi connectivity index (χ0) is 13.0. The van der Waals surface area contributed by atoms with Crippen LogP contribution in [-0.4, -0.2) is 4.98 Å². The van der Waals surface area contributed by atoms with E-state index in [4.69, 9.17) is 5.73 Å². The molecule has 1 unspecified atom stereocenters. The SMILES string of the molecule is CCC(N)c1cnc(Nc2ccccc2)cc1C. The van der Waals surface area contributed by atoms with Gasteiger partial charge >= 0.3 is 0 Å². The summed E-state index contributed by atoms with van der Waals surface area (Å²) in [6.07, 6.45) is 2.79. The smallest absolute Gasteiger partial charge is 0.130 e. The van der Waals surface area contributed by atoms with Crippen LogP contribution in [0.15, 0.2) is 42.6 Å². The number of rotatable bonds is 4. The van der Waals surface area contributed by atoms with Crippen LogP contribution in [0.5, 0.6) is 0 Å². The molecule has 1 aromatic heterocycles. The van der Waals surface area contributed by atoms with Gasteiger partial charge in [-0.1, -0.05) is 25.1 Å². The number of hydrogen-bond acceptors (Lipinski definition) is 3. The van der Waals surface area contributed by atoms with Gasteiger partial charge in [-0.05, 0) is 42.7 Å². The average Bonchev–Trinajstić information content (AvgIpc) is 2.39. The average molecular weight is 241 g/mol. The summed E-state index contributed by atoms with van der Waals surface area (Å²) in [6.45, 7) is 4.16. The van der Waals surface area contributed by atoms with Crippen molar-refractivity contribution in [1.29, 1.82) is 0 Å². The first-order chi connectivity index (χ1) is 8.70. The minimum Gasteiger partial charge on any atom is -0.340 e. The topological polar surface area (TPSA) is 50.9 Å². The normalized spacial score (nSPS) is 12.2. The zero-order valence-electron chi connectivity index (χ0n) is 10.9. The third-order valence-corrected chi connectivity index (χ3v) is 3.04. The number of para-hydroxylation sites is 1. The van der Waals surface area contributed by atoms with Gasteiger partial charge in [-0.3, -0.25) is 0 Å². The number of benzene rings is 1. The van der Waals surface area contributed by atoms with Crippen molar-refractivity contribution in [1.82, 2.24) is 4.98 Å². The lowest BCUT2D eigenvalue weighted by Crippen LogP contribution is -2.11. The molecule has 1 atom stereocenters. The van der Waals surface area contributed by atoms with Gasteiger partial charge in [0.05, 0.1) is 0 Å². The number of pyridine rings is 1. The van der Waals surface area contributed by atoms with E-state index in [1.807, 2.05) is 42.6 Å². The first kappa shape index (κ1) is 12.6. The largest absolute Gasteiger partial charge is 0.340 e. The predicted molar refractivity (Wildman–Crippen MR) is 75.9 cm³/mol. The second-order valence-electron chi connectivity index (χ2n) is 4.43. The zero-order valence-corrected chi connectivity index (χ0v) is 10.9. The van der Waals surface area contributed by atoms with E-state index in [1.165, 1.54) is 5.56 Å². The van der Waals surface area contributed by atoms with Crippen molar-refractivity contribution >= 4 is 11.5 Å². The van der Waals surface area contributed by atoms with Crippen LogP contribution in [0.3, 0.4) is 0 Å². The Balaban J connectivity index is 2.19. The maximum absolute atomic E-state index is 6.04. The maximum atomic E-state index is 6.04. The van der Waals surface area contributed by atoms with Crippen LogP contribution in [0.25, 0.3) is 0 Å². The van der Waals surface area contributed by atoms with Crippen molar-refractivity contribution in [2.45, 2.75) is 26.3 Å². The van der Waals surface area contributed by atoms with Gasteiger partial charge in [0.1, 0.15) is 5.82 Å². The molecular weight excluding hydrogens is 222 g/mol.